The molecule has 0 fully saturated rings. The molecule has 119 valence electrons. The zero-order chi connectivity index (χ0) is 16.9. The van der Waals surface area contributed by atoms with Gasteiger partial charge in [-0.3, -0.25) is 10.1 Å². The monoisotopic (exact) mass is 318 g/mol. The number of nitro groups is 1. The van der Waals surface area contributed by atoms with E-state index in [4.69, 9.17) is 4.74 Å². The number of aryl methyl sites for hydroxylation is 1. The van der Waals surface area contributed by atoms with E-state index in [1.165, 1.54) is 12.1 Å². The Bertz CT molecular complexity index is 874. The lowest BCUT2D eigenvalue weighted by atomic mass is 10.0. The lowest BCUT2D eigenvalue weighted by molar-refractivity contribution is -0.384. The minimum Gasteiger partial charge on any atom is -0.489 e. The summed E-state index contributed by atoms with van der Waals surface area (Å²) < 4.78 is 5.68. The van der Waals surface area contributed by atoms with E-state index in [2.05, 4.69) is 6.07 Å². The maximum atomic E-state index is 10.8. The molecule has 0 atom stereocenters. The second-order valence-electron chi connectivity index (χ2n) is 5.49. The average Bonchev–Trinajstić information content (AvgIpc) is 2.60. The molecule has 0 aliphatic carbocycles. The topological polar surface area (TPSA) is 52.4 Å². The zero-order valence-electron chi connectivity index (χ0n) is 13.2. The van der Waals surface area contributed by atoms with Crippen LogP contribution < -0.4 is 4.74 Å². The summed E-state index contributed by atoms with van der Waals surface area (Å²) in [5.41, 5.74) is 4.21. The molecule has 24 heavy (non-hydrogen) atoms. The van der Waals surface area contributed by atoms with Gasteiger partial charge in [-0.25, -0.2) is 0 Å². The van der Waals surface area contributed by atoms with E-state index in [1.807, 2.05) is 49.4 Å². The summed E-state index contributed by atoms with van der Waals surface area (Å²) in [6.07, 6.45) is 0. The van der Waals surface area contributed by atoms with Crippen molar-refractivity contribution in [3.63, 3.8) is 0 Å². The highest BCUT2D eigenvalue weighted by Gasteiger charge is 2.07. The van der Waals surface area contributed by atoms with Gasteiger partial charge >= 0.3 is 0 Å². The third-order valence-electron chi connectivity index (χ3n) is 3.61. The molecule has 0 aliphatic heterocycles. The molecular weight excluding hydrogens is 302 g/mol. The van der Waals surface area contributed by atoms with Gasteiger partial charge in [0.15, 0.2) is 0 Å². The maximum absolute atomic E-state index is 10.8. The number of hydrogen-bond donors (Lipinski definition) is 0. The van der Waals surface area contributed by atoms with Crippen molar-refractivity contribution in [3.05, 3.63) is 94.0 Å². The number of hydrogen-bond acceptors (Lipinski definition) is 3. The zero-order valence-corrected chi connectivity index (χ0v) is 13.2. The third kappa shape index (κ3) is 3.79. The smallest absolute Gasteiger partial charge is 0.273 e. The SMILES string of the molecule is Cc1[c]c(-c2cccc(COc3cccc([N+](=O)[O-])c3)c2)ccc1. The summed E-state index contributed by atoms with van der Waals surface area (Å²) >= 11 is 0. The predicted molar refractivity (Wildman–Crippen MR) is 92.9 cm³/mol. The van der Waals surface area contributed by atoms with Crippen molar-refractivity contribution in [1.29, 1.82) is 0 Å². The van der Waals surface area contributed by atoms with Gasteiger partial charge in [-0.1, -0.05) is 42.5 Å². The van der Waals surface area contributed by atoms with Crippen molar-refractivity contribution in [2.45, 2.75) is 13.5 Å². The van der Waals surface area contributed by atoms with Crippen LogP contribution in [0, 0.1) is 23.1 Å². The van der Waals surface area contributed by atoms with Crippen molar-refractivity contribution >= 4 is 5.69 Å². The first-order valence-corrected chi connectivity index (χ1v) is 7.57. The Morgan fingerprint density at radius 1 is 1.04 bits per heavy atom. The standard InChI is InChI=1S/C20H16NO3/c1-15-5-2-7-17(11-15)18-8-3-6-16(12-18)14-24-20-10-4-9-19(13-20)21(22)23/h2-10,12-13H,14H2,1H3. The molecule has 0 aromatic heterocycles. The summed E-state index contributed by atoms with van der Waals surface area (Å²) in [6, 6.07) is 23.6. The maximum Gasteiger partial charge on any atom is 0.273 e. The van der Waals surface area contributed by atoms with Crippen LogP contribution in [0.5, 0.6) is 5.75 Å². The Labute approximate surface area is 140 Å². The van der Waals surface area contributed by atoms with Crippen molar-refractivity contribution in [2.75, 3.05) is 0 Å². The molecule has 3 aromatic carbocycles. The molecule has 3 aromatic rings. The Morgan fingerprint density at radius 2 is 1.83 bits per heavy atom. The van der Waals surface area contributed by atoms with E-state index >= 15 is 0 Å². The van der Waals surface area contributed by atoms with Crippen molar-refractivity contribution in [2.24, 2.45) is 0 Å². The van der Waals surface area contributed by atoms with Gasteiger partial charge in [-0.15, -0.1) is 0 Å². The van der Waals surface area contributed by atoms with Crippen LogP contribution in [0.3, 0.4) is 0 Å². The fraction of sp³-hybridized carbons (Fsp3) is 0.100. The molecule has 4 heteroatoms. The molecule has 0 heterocycles. The molecule has 0 aliphatic rings. The number of nitro benzene ring substituents is 1. The highest BCUT2D eigenvalue weighted by molar-refractivity contribution is 5.64. The summed E-state index contributed by atoms with van der Waals surface area (Å²) in [5, 5.41) is 10.8. The summed E-state index contributed by atoms with van der Waals surface area (Å²) in [6.45, 7) is 2.36. The Balaban J connectivity index is 1.76. The van der Waals surface area contributed by atoms with Crippen LogP contribution in [-0.4, -0.2) is 4.92 Å². The Hall–Kier alpha value is -3.14. The molecular formula is C20H16NO3. The summed E-state index contributed by atoms with van der Waals surface area (Å²) in [4.78, 5) is 10.4. The molecule has 0 bridgehead atoms. The molecule has 0 amide bonds. The van der Waals surface area contributed by atoms with Crippen LogP contribution in [0.2, 0.25) is 0 Å². The van der Waals surface area contributed by atoms with Gasteiger partial charge in [-0.05, 0) is 47.4 Å². The fourth-order valence-electron chi connectivity index (χ4n) is 2.43. The molecule has 3 rings (SSSR count). The van der Waals surface area contributed by atoms with Gasteiger partial charge in [0.05, 0.1) is 11.0 Å². The number of non-ortho nitro benzene ring substituents is 1. The van der Waals surface area contributed by atoms with E-state index in [9.17, 15) is 10.1 Å². The first-order valence-electron chi connectivity index (χ1n) is 7.57. The van der Waals surface area contributed by atoms with Crippen LogP contribution in [0.15, 0.2) is 66.7 Å². The molecule has 0 saturated carbocycles. The normalized spacial score (nSPS) is 10.4. The van der Waals surface area contributed by atoms with Crippen LogP contribution in [-0.2, 0) is 6.61 Å². The number of benzene rings is 3. The first-order chi connectivity index (χ1) is 11.6. The largest absolute Gasteiger partial charge is 0.489 e. The van der Waals surface area contributed by atoms with Crippen LogP contribution in [0.25, 0.3) is 11.1 Å². The van der Waals surface area contributed by atoms with Gasteiger partial charge in [0.25, 0.3) is 5.69 Å². The highest BCUT2D eigenvalue weighted by Crippen LogP contribution is 2.23. The fourth-order valence-corrected chi connectivity index (χ4v) is 2.43. The minimum atomic E-state index is -0.430. The Morgan fingerprint density at radius 3 is 2.62 bits per heavy atom. The van der Waals surface area contributed by atoms with E-state index in [1.54, 1.807) is 12.1 Å². The van der Waals surface area contributed by atoms with Crippen LogP contribution in [0.1, 0.15) is 11.1 Å². The minimum absolute atomic E-state index is 0.0237. The lowest BCUT2D eigenvalue weighted by Gasteiger charge is -2.08. The number of rotatable bonds is 5. The molecule has 1 radical (unpaired) electrons. The second-order valence-corrected chi connectivity index (χ2v) is 5.49. The number of nitrogens with zero attached hydrogens (tertiary/aromatic N) is 1. The van der Waals surface area contributed by atoms with Gasteiger partial charge < -0.3 is 4.74 Å². The average molecular weight is 318 g/mol. The van der Waals surface area contributed by atoms with Gasteiger partial charge in [0, 0.05) is 6.07 Å². The first kappa shape index (κ1) is 15.7. The van der Waals surface area contributed by atoms with Gasteiger partial charge in [0.1, 0.15) is 12.4 Å². The van der Waals surface area contributed by atoms with Gasteiger partial charge in [0.2, 0.25) is 0 Å². The van der Waals surface area contributed by atoms with Crippen molar-refractivity contribution < 1.29 is 9.66 Å². The predicted octanol–water partition coefficient (Wildman–Crippen LogP) is 4.95. The van der Waals surface area contributed by atoms with Crippen molar-refractivity contribution in [3.8, 4) is 16.9 Å². The van der Waals surface area contributed by atoms with E-state index in [0.29, 0.717) is 12.4 Å². The highest BCUT2D eigenvalue weighted by atomic mass is 16.6. The molecule has 0 saturated heterocycles. The number of ether oxygens (including phenoxy) is 1. The van der Waals surface area contributed by atoms with Crippen LogP contribution in [0.4, 0.5) is 5.69 Å². The summed E-state index contributed by atoms with van der Waals surface area (Å²) in [5.74, 6) is 0.483. The van der Waals surface area contributed by atoms with Gasteiger partial charge in [-0.2, -0.15) is 0 Å². The molecule has 0 spiro atoms. The second kappa shape index (κ2) is 6.96. The Kier molecular flexibility index (Phi) is 4.57. The lowest BCUT2D eigenvalue weighted by Crippen LogP contribution is -1.96. The third-order valence-corrected chi connectivity index (χ3v) is 3.61. The molecule has 4 nitrogen and oxygen atoms in total. The van der Waals surface area contributed by atoms with Crippen LogP contribution >= 0.6 is 0 Å². The molecule has 0 unspecified atom stereocenters. The summed E-state index contributed by atoms with van der Waals surface area (Å²) in [7, 11) is 0. The quantitative estimate of drug-likeness (QED) is 0.494. The molecule has 0 N–H and O–H groups in total. The van der Waals surface area contributed by atoms with E-state index in [0.717, 1.165) is 22.3 Å². The van der Waals surface area contributed by atoms with Crippen molar-refractivity contribution in [1.82, 2.24) is 0 Å². The van der Waals surface area contributed by atoms with E-state index < -0.39 is 4.92 Å². The van der Waals surface area contributed by atoms with E-state index in [-0.39, 0.29) is 5.69 Å².